The lowest BCUT2D eigenvalue weighted by Crippen LogP contribution is -2.31. The molecule has 15 heavy (non-hydrogen) atoms. The normalized spacial score (nSPS) is 21.7. The lowest BCUT2D eigenvalue weighted by molar-refractivity contribution is 0.315. The Kier molecular flexibility index (Phi) is 2.69. The van der Waals surface area contributed by atoms with Crippen LogP contribution in [0, 0.1) is 6.92 Å². The highest BCUT2D eigenvalue weighted by atomic mass is 15.3. The first kappa shape index (κ1) is 10.5. The molecule has 1 aliphatic rings. The van der Waals surface area contributed by atoms with Gasteiger partial charge in [0.05, 0.1) is 11.4 Å². The second-order valence-corrected chi connectivity index (χ2v) is 4.63. The standard InChI is InChI=1S/C11H20N4/c1-9-11(8-14(4)12-9)15-6-5-10(7-15)13(2)3/h8,10H,5-7H2,1-4H3/t10-/m1/s1. The van der Waals surface area contributed by atoms with Gasteiger partial charge in [0.1, 0.15) is 0 Å². The van der Waals surface area contributed by atoms with Crippen LogP contribution in [0.5, 0.6) is 0 Å². The third-order valence-electron chi connectivity index (χ3n) is 3.22. The number of likely N-dealkylation sites (N-methyl/N-ethyl adjacent to an activating group) is 1. The Hall–Kier alpha value is -1.03. The topological polar surface area (TPSA) is 24.3 Å². The van der Waals surface area contributed by atoms with Crippen molar-refractivity contribution in [3.05, 3.63) is 11.9 Å². The molecule has 4 nitrogen and oxygen atoms in total. The largest absolute Gasteiger partial charge is 0.367 e. The van der Waals surface area contributed by atoms with E-state index >= 15 is 0 Å². The van der Waals surface area contributed by atoms with Crippen LogP contribution in [0.1, 0.15) is 12.1 Å². The maximum atomic E-state index is 4.39. The van der Waals surface area contributed by atoms with Gasteiger partial charge in [-0.2, -0.15) is 5.10 Å². The predicted molar refractivity (Wildman–Crippen MR) is 62.3 cm³/mol. The van der Waals surface area contributed by atoms with Crippen LogP contribution in [0.2, 0.25) is 0 Å². The average molecular weight is 208 g/mol. The SMILES string of the molecule is Cc1nn(C)cc1N1CC[C@@H](N(C)C)C1. The van der Waals surface area contributed by atoms with Crippen LogP contribution in [0.4, 0.5) is 5.69 Å². The molecule has 0 saturated carbocycles. The molecule has 1 aromatic rings. The maximum absolute atomic E-state index is 4.39. The first-order valence-corrected chi connectivity index (χ1v) is 5.49. The summed E-state index contributed by atoms with van der Waals surface area (Å²) in [6, 6.07) is 0.685. The summed E-state index contributed by atoms with van der Waals surface area (Å²) in [6.45, 7) is 4.35. The molecule has 2 rings (SSSR count). The van der Waals surface area contributed by atoms with E-state index in [1.807, 2.05) is 11.7 Å². The highest BCUT2D eigenvalue weighted by molar-refractivity contribution is 5.49. The molecule has 0 aliphatic carbocycles. The average Bonchev–Trinajstić information content (AvgIpc) is 2.71. The molecule has 0 unspecified atom stereocenters. The number of hydrogen-bond acceptors (Lipinski definition) is 3. The lowest BCUT2D eigenvalue weighted by Gasteiger charge is -2.21. The molecule has 0 N–H and O–H groups in total. The number of anilines is 1. The first-order chi connectivity index (χ1) is 7.08. The van der Waals surface area contributed by atoms with Crippen LogP contribution in [0.3, 0.4) is 0 Å². The van der Waals surface area contributed by atoms with Crippen LogP contribution in [0.25, 0.3) is 0 Å². The monoisotopic (exact) mass is 208 g/mol. The van der Waals surface area contributed by atoms with Crippen molar-refractivity contribution in [3.8, 4) is 0 Å². The van der Waals surface area contributed by atoms with Crippen LogP contribution in [-0.2, 0) is 7.05 Å². The van der Waals surface area contributed by atoms with E-state index in [-0.39, 0.29) is 0 Å². The van der Waals surface area contributed by atoms with E-state index in [2.05, 4.69) is 42.1 Å². The Morgan fingerprint density at radius 3 is 2.67 bits per heavy atom. The van der Waals surface area contributed by atoms with Gasteiger partial charge in [-0.05, 0) is 27.4 Å². The Labute approximate surface area is 91.5 Å². The molecule has 1 saturated heterocycles. The van der Waals surface area contributed by atoms with Crippen molar-refractivity contribution in [2.75, 3.05) is 32.1 Å². The molecule has 1 aromatic heterocycles. The molecule has 1 atom stereocenters. The van der Waals surface area contributed by atoms with E-state index in [1.165, 1.54) is 12.1 Å². The van der Waals surface area contributed by atoms with Crippen molar-refractivity contribution >= 4 is 5.69 Å². The lowest BCUT2D eigenvalue weighted by atomic mass is 10.2. The molecule has 4 heteroatoms. The summed E-state index contributed by atoms with van der Waals surface area (Å²) >= 11 is 0. The molecule has 0 aromatic carbocycles. The van der Waals surface area contributed by atoms with Gasteiger partial charge in [-0.15, -0.1) is 0 Å². The third-order valence-corrected chi connectivity index (χ3v) is 3.22. The van der Waals surface area contributed by atoms with E-state index in [0.29, 0.717) is 6.04 Å². The zero-order valence-electron chi connectivity index (χ0n) is 10.1. The van der Waals surface area contributed by atoms with Gasteiger partial charge >= 0.3 is 0 Å². The summed E-state index contributed by atoms with van der Waals surface area (Å²) in [6.07, 6.45) is 3.37. The summed E-state index contributed by atoms with van der Waals surface area (Å²) in [5.41, 5.74) is 2.43. The van der Waals surface area contributed by atoms with Crippen LogP contribution in [0.15, 0.2) is 6.20 Å². The summed E-state index contributed by atoms with van der Waals surface area (Å²) < 4.78 is 1.90. The minimum absolute atomic E-state index is 0.685. The summed E-state index contributed by atoms with van der Waals surface area (Å²) in [5, 5.41) is 4.39. The van der Waals surface area contributed by atoms with Gasteiger partial charge in [0.15, 0.2) is 0 Å². The molecule has 1 fully saturated rings. The zero-order valence-corrected chi connectivity index (χ0v) is 10.1. The molecule has 84 valence electrons. The fourth-order valence-corrected chi connectivity index (χ4v) is 2.28. The van der Waals surface area contributed by atoms with Crippen molar-refractivity contribution in [1.82, 2.24) is 14.7 Å². The summed E-state index contributed by atoms with van der Waals surface area (Å²) in [7, 11) is 6.30. The molecular weight excluding hydrogens is 188 g/mol. The van der Waals surface area contributed by atoms with Crippen molar-refractivity contribution < 1.29 is 0 Å². The van der Waals surface area contributed by atoms with E-state index < -0.39 is 0 Å². The van der Waals surface area contributed by atoms with E-state index in [1.54, 1.807) is 0 Å². The van der Waals surface area contributed by atoms with Crippen molar-refractivity contribution in [2.24, 2.45) is 7.05 Å². The molecule has 0 bridgehead atoms. The third kappa shape index (κ3) is 2.00. The number of hydrogen-bond donors (Lipinski definition) is 0. The second-order valence-electron chi connectivity index (χ2n) is 4.63. The molecular formula is C11H20N4. The Bertz CT molecular complexity index is 342. The highest BCUT2D eigenvalue weighted by Crippen LogP contribution is 2.24. The summed E-state index contributed by atoms with van der Waals surface area (Å²) in [5.74, 6) is 0. The van der Waals surface area contributed by atoms with Crippen molar-refractivity contribution in [1.29, 1.82) is 0 Å². The smallest absolute Gasteiger partial charge is 0.0827 e. The number of aryl methyl sites for hydroxylation is 2. The van der Waals surface area contributed by atoms with Crippen LogP contribution >= 0.6 is 0 Å². The van der Waals surface area contributed by atoms with Gasteiger partial charge in [-0.1, -0.05) is 0 Å². The predicted octanol–water partition coefficient (Wildman–Crippen LogP) is 0.869. The van der Waals surface area contributed by atoms with Crippen molar-refractivity contribution in [2.45, 2.75) is 19.4 Å². The van der Waals surface area contributed by atoms with Gasteiger partial charge in [0, 0.05) is 32.4 Å². The number of aromatic nitrogens is 2. The molecule has 0 spiro atoms. The number of rotatable bonds is 2. The first-order valence-electron chi connectivity index (χ1n) is 5.49. The number of nitrogens with zero attached hydrogens (tertiary/aromatic N) is 4. The molecule has 0 amide bonds. The Morgan fingerprint density at radius 1 is 1.47 bits per heavy atom. The molecule has 1 aliphatic heterocycles. The van der Waals surface area contributed by atoms with E-state index in [4.69, 9.17) is 0 Å². The van der Waals surface area contributed by atoms with Crippen LogP contribution < -0.4 is 4.90 Å². The quantitative estimate of drug-likeness (QED) is 0.721. The van der Waals surface area contributed by atoms with E-state index in [0.717, 1.165) is 18.8 Å². The fraction of sp³-hybridized carbons (Fsp3) is 0.727. The van der Waals surface area contributed by atoms with E-state index in [9.17, 15) is 0 Å². The second kappa shape index (κ2) is 3.85. The molecule has 2 heterocycles. The van der Waals surface area contributed by atoms with Gasteiger partial charge in [0.2, 0.25) is 0 Å². The van der Waals surface area contributed by atoms with Crippen LogP contribution in [-0.4, -0.2) is 47.9 Å². The van der Waals surface area contributed by atoms with Gasteiger partial charge in [-0.25, -0.2) is 0 Å². The minimum Gasteiger partial charge on any atom is -0.367 e. The fourth-order valence-electron chi connectivity index (χ4n) is 2.28. The molecule has 0 radical (unpaired) electrons. The zero-order chi connectivity index (χ0) is 11.0. The highest BCUT2D eigenvalue weighted by Gasteiger charge is 2.25. The maximum Gasteiger partial charge on any atom is 0.0827 e. The van der Waals surface area contributed by atoms with Gasteiger partial charge in [-0.3, -0.25) is 4.68 Å². The Balaban J connectivity index is 2.11. The summed E-state index contributed by atoms with van der Waals surface area (Å²) in [4.78, 5) is 4.75. The minimum atomic E-state index is 0.685. The van der Waals surface area contributed by atoms with Gasteiger partial charge < -0.3 is 9.80 Å². The van der Waals surface area contributed by atoms with Crippen molar-refractivity contribution in [3.63, 3.8) is 0 Å². The van der Waals surface area contributed by atoms with Gasteiger partial charge in [0.25, 0.3) is 0 Å². The Morgan fingerprint density at radius 2 is 2.20 bits per heavy atom.